The van der Waals surface area contributed by atoms with Crippen LogP contribution in [-0.4, -0.2) is 21.8 Å². The molecule has 0 bridgehead atoms. The van der Waals surface area contributed by atoms with Crippen LogP contribution in [0.15, 0.2) is 83.0 Å². The Kier molecular flexibility index (Phi) is 5.22. The van der Waals surface area contributed by atoms with Crippen LogP contribution in [0.4, 0.5) is 5.82 Å². The number of pyridine rings is 1. The predicted octanol–water partition coefficient (Wildman–Crippen LogP) is 5.12. The molecule has 29 heavy (non-hydrogen) atoms. The number of carbonyl (C=O) groups excluding carboxylic acids is 2. The molecular formula is C22H14BrClN2O3. The fraction of sp³-hybridized carbons (Fsp3) is 0.0455. The Morgan fingerprint density at radius 3 is 2.31 bits per heavy atom. The lowest BCUT2D eigenvalue weighted by atomic mass is 9.95. The number of aliphatic hydroxyl groups is 1. The molecule has 1 amide bonds. The second-order valence-electron chi connectivity index (χ2n) is 6.42. The van der Waals surface area contributed by atoms with Gasteiger partial charge in [-0.05, 0) is 57.9 Å². The highest BCUT2D eigenvalue weighted by molar-refractivity contribution is 9.10. The summed E-state index contributed by atoms with van der Waals surface area (Å²) in [6, 6.07) is 18.1. The number of carbonyl (C=O) groups is 2. The van der Waals surface area contributed by atoms with Gasteiger partial charge in [-0.3, -0.25) is 14.5 Å². The molecule has 0 spiro atoms. The molecule has 0 aliphatic carbocycles. The largest absolute Gasteiger partial charge is 0.507 e. The van der Waals surface area contributed by atoms with Crippen molar-refractivity contribution >= 4 is 50.8 Å². The van der Waals surface area contributed by atoms with Crippen LogP contribution in [0.5, 0.6) is 0 Å². The van der Waals surface area contributed by atoms with Crippen molar-refractivity contribution in [3.05, 3.63) is 99.1 Å². The summed E-state index contributed by atoms with van der Waals surface area (Å²) in [6.45, 7) is 0. The molecule has 1 fully saturated rings. The van der Waals surface area contributed by atoms with Crippen molar-refractivity contribution in [2.24, 2.45) is 0 Å². The first-order valence-corrected chi connectivity index (χ1v) is 9.88. The maximum absolute atomic E-state index is 12.9. The molecule has 3 aromatic rings. The predicted molar refractivity (Wildman–Crippen MR) is 115 cm³/mol. The van der Waals surface area contributed by atoms with Gasteiger partial charge < -0.3 is 5.11 Å². The SMILES string of the molecule is O=C1C(=O)N(c2ccc(Br)cn2)[C@@H](c2ccccc2)/C1=C(\O)c1ccc(Cl)cc1. The Balaban J connectivity index is 1.93. The number of Topliss-reactive ketones (excluding diaryl/α,β-unsaturated/α-hetero) is 1. The van der Waals surface area contributed by atoms with Crippen molar-refractivity contribution in [3.8, 4) is 0 Å². The Morgan fingerprint density at radius 1 is 1.00 bits per heavy atom. The molecule has 144 valence electrons. The number of rotatable bonds is 3. The van der Waals surface area contributed by atoms with Gasteiger partial charge in [0.15, 0.2) is 0 Å². The molecule has 0 saturated carbocycles. The topological polar surface area (TPSA) is 70.5 Å². The lowest BCUT2D eigenvalue weighted by Crippen LogP contribution is -2.30. The number of anilines is 1. The smallest absolute Gasteiger partial charge is 0.301 e. The molecule has 1 aliphatic heterocycles. The van der Waals surface area contributed by atoms with Crippen LogP contribution in [0.2, 0.25) is 5.02 Å². The summed E-state index contributed by atoms with van der Waals surface area (Å²) in [6.07, 6.45) is 1.55. The summed E-state index contributed by atoms with van der Waals surface area (Å²) >= 11 is 9.25. The van der Waals surface area contributed by atoms with E-state index in [-0.39, 0.29) is 11.3 Å². The molecule has 0 unspecified atom stereocenters. The van der Waals surface area contributed by atoms with E-state index < -0.39 is 17.7 Å². The monoisotopic (exact) mass is 468 g/mol. The first-order valence-electron chi connectivity index (χ1n) is 8.71. The van der Waals surface area contributed by atoms with Crippen LogP contribution < -0.4 is 4.90 Å². The molecule has 7 heteroatoms. The van der Waals surface area contributed by atoms with Gasteiger partial charge in [0, 0.05) is 21.3 Å². The van der Waals surface area contributed by atoms with Crippen molar-refractivity contribution in [1.29, 1.82) is 0 Å². The third kappa shape index (κ3) is 3.57. The summed E-state index contributed by atoms with van der Waals surface area (Å²) in [5.41, 5.74) is 1.09. The van der Waals surface area contributed by atoms with E-state index in [1.54, 1.807) is 54.7 Å². The van der Waals surface area contributed by atoms with Crippen LogP contribution in [-0.2, 0) is 9.59 Å². The Bertz CT molecular complexity index is 1110. The number of aromatic nitrogens is 1. The van der Waals surface area contributed by atoms with Crippen LogP contribution in [0.1, 0.15) is 17.2 Å². The quantitative estimate of drug-likeness (QED) is 0.328. The fourth-order valence-electron chi connectivity index (χ4n) is 3.29. The zero-order valence-electron chi connectivity index (χ0n) is 14.9. The van der Waals surface area contributed by atoms with E-state index in [0.717, 1.165) is 4.47 Å². The minimum Gasteiger partial charge on any atom is -0.507 e. The molecule has 0 radical (unpaired) electrons. The van der Waals surface area contributed by atoms with E-state index in [2.05, 4.69) is 20.9 Å². The minimum atomic E-state index is -0.805. The van der Waals surface area contributed by atoms with Crippen LogP contribution in [0.3, 0.4) is 0 Å². The van der Waals surface area contributed by atoms with E-state index in [0.29, 0.717) is 22.0 Å². The van der Waals surface area contributed by atoms with Gasteiger partial charge in [0.2, 0.25) is 0 Å². The maximum Gasteiger partial charge on any atom is 0.301 e. The van der Waals surface area contributed by atoms with Crippen LogP contribution >= 0.6 is 27.5 Å². The summed E-state index contributed by atoms with van der Waals surface area (Å²) in [7, 11) is 0. The first-order chi connectivity index (χ1) is 14.0. The molecule has 1 N–H and O–H groups in total. The first kappa shape index (κ1) is 19.4. The third-order valence-electron chi connectivity index (χ3n) is 4.64. The zero-order chi connectivity index (χ0) is 20.5. The Labute approximate surface area is 180 Å². The number of hydrogen-bond acceptors (Lipinski definition) is 4. The van der Waals surface area contributed by atoms with E-state index in [1.807, 2.05) is 18.2 Å². The van der Waals surface area contributed by atoms with Crippen molar-refractivity contribution < 1.29 is 14.7 Å². The van der Waals surface area contributed by atoms with E-state index in [4.69, 9.17) is 11.6 Å². The second-order valence-corrected chi connectivity index (χ2v) is 7.77. The molecule has 2 heterocycles. The van der Waals surface area contributed by atoms with E-state index in [1.165, 1.54) is 4.90 Å². The summed E-state index contributed by atoms with van der Waals surface area (Å²) in [5, 5.41) is 11.4. The van der Waals surface area contributed by atoms with Gasteiger partial charge in [-0.1, -0.05) is 41.9 Å². The molecule has 1 aliphatic rings. The number of hydrogen-bond donors (Lipinski definition) is 1. The number of nitrogens with zero attached hydrogens (tertiary/aromatic N) is 2. The molecule has 4 rings (SSSR count). The molecule has 1 saturated heterocycles. The Morgan fingerprint density at radius 2 is 1.69 bits per heavy atom. The van der Waals surface area contributed by atoms with Gasteiger partial charge >= 0.3 is 5.91 Å². The van der Waals surface area contributed by atoms with Gasteiger partial charge in [0.1, 0.15) is 11.6 Å². The van der Waals surface area contributed by atoms with Gasteiger partial charge in [-0.25, -0.2) is 4.98 Å². The number of halogens is 2. The molecule has 5 nitrogen and oxygen atoms in total. The normalized spacial score (nSPS) is 18.3. The van der Waals surface area contributed by atoms with Crippen molar-refractivity contribution in [1.82, 2.24) is 4.98 Å². The molecule has 1 atom stereocenters. The minimum absolute atomic E-state index is 0.00763. The summed E-state index contributed by atoms with van der Waals surface area (Å²) < 4.78 is 0.746. The van der Waals surface area contributed by atoms with Crippen LogP contribution in [0, 0.1) is 0 Å². The number of ketones is 1. The van der Waals surface area contributed by atoms with Gasteiger partial charge in [-0.15, -0.1) is 0 Å². The van der Waals surface area contributed by atoms with Crippen molar-refractivity contribution in [2.75, 3.05) is 4.90 Å². The average Bonchev–Trinajstić information content (AvgIpc) is 3.00. The fourth-order valence-corrected chi connectivity index (χ4v) is 3.65. The van der Waals surface area contributed by atoms with Gasteiger partial charge in [-0.2, -0.15) is 0 Å². The van der Waals surface area contributed by atoms with Crippen LogP contribution in [0.25, 0.3) is 5.76 Å². The molecule has 2 aromatic carbocycles. The van der Waals surface area contributed by atoms with E-state index in [9.17, 15) is 14.7 Å². The van der Waals surface area contributed by atoms with E-state index >= 15 is 0 Å². The van der Waals surface area contributed by atoms with Gasteiger partial charge in [0.25, 0.3) is 5.78 Å². The highest BCUT2D eigenvalue weighted by Gasteiger charge is 2.47. The highest BCUT2D eigenvalue weighted by Crippen LogP contribution is 2.41. The lowest BCUT2D eigenvalue weighted by Gasteiger charge is -2.24. The number of benzene rings is 2. The second kappa shape index (κ2) is 7.81. The van der Waals surface area contributed by atoms with Crippen molar-refractivity contribution in [3.63, 3.8) is 0 Å². The number of aliphatic hydroxyl groups excluding tert-OH is 1. The maximum atomic E-state index is 12.9. The van der Waals surface area contributed by atoms with Crippen molar-refractivity contribution in [2.45, 2.75) is 6.04 Å². The lowest BCUT2D eigenvalue weighted by molar-refractivity contribution is -0.132. The standard InChI is InChI=1S/C22H14BrClN2O3/c23-15-8-11-17(25-12-15)26-19(13-4-2-1-3-5-13)18(21(28)22(26)29)20(27)14-6-9-16(24)10-7-14/h1-12,19,27H/b20-18+/t19-/m0/s1. The summed E-state index contributed by atoms with van der Waals surface area (Å²) in [5.74, 6) is -1.45. The summed E-state index contributed by atoms with van der Waals surface area (Å²) in [4.78, 5) is 31.5. The van der Waals surface area contributed by atoms with Gasteiger partial charge in [0.05, 0.1) is 11.6 Å². The average molecular weight is 470 g/mol. The molecule has 1 aromatic heterocycles. The highest BCUT2D eigenvalue weighted by atomic mass is 79.9. The third-order valence-corrected chi connectivity index (χ3v) is 5.36. The number of amides is 1. The Hall–Kier alpha value is -2.96. The molecular weight excluding hydrogens is 456 g/mol. The zero-order valence-corrected chi connectivity index (χ0v) is 17.3.